The fourth-order valence-electron chi connectivity index (χ4n) is 4.11. The van der Waals surface area contributed by atoms with Crippen molar-refractivity contribution in [3.05, 3.63) is 36.0 Å². The lowest BCUT2D eigenvalue weighted by atomic mass is 9.99. The van der Waals surface area contributed by atoms with Crippen molar-refractivity contribution in [2.75, 3.05) is 52.5 Å². The molecule has 27 heavy (non-hydrogen) atoms. The molecule has 2 amide bonds. The van der Waals surface area contributed by atoms with Gasteiger partial charge >= 0.3 is 6.03 Å². The first-order chi connectivity index (χ1) is 13.3. The van der Waals surface area contributed by atoms with Crippen molar-refractivity contribution in [3.8, 4) is 0 Å². The van der Waals surface area contributed by atoms with Gasteiger partial charge in [-0.3, -0.25) is 4.90 Å². The molecule has 2 aliphatic heterocycles. The van der Waals surface area contributed by atoms with Crippen LogP contribution in [0.15, 0.2) is 30.5 Å². The highest BCUT2D eigenvalue weighted by atomic mass is 16.5. The second-order valence-corrected chi connectivity index (χ2v) is 7.72. The molecule has 6 heteroatoms. The van der Waals surface area contributed by atoms with Crippen LogP contribution in [-0.4, -0.2) is 73.3 Å². The van der Waals surface area contributed by atoms with Gasteiger partial charge in [-0.25, -0.2) is 4.79 Å². The molecule has 2 N–H and O–H groups in total. The van der Waals surface area contributed by atoms with Crippen molar-refractivity contribution >= 4 is 16.9 Å². The number of rotatable bonds is 5. The van der Waals surface area contributed by atoms with Gasteiger partial charge in [0.15, 0.2) is 0 Å². The van der Waals surface area contributed by atoms with Gasteiger partial charge in [-0.15, -0.1) is 0 Å². The molecule has 2 fully saturated rings. The molecule has 6 nitrogen and oxygen atoms in total. The highest BCUT2D eigenvalue weighted by molar-refractivity contribution is 5.80. The number of piperazine rings is 1. The number of hydrogen-bond acceptors (Lipinski definition) is 3. The minimum atomic E-state index is 0.0726. The van der Waals surface area contributed by atoms with Gasteiger partial charge in [-0.1, -0.05) is 6.07 Å². The maximum atomic E-state index is 12.4. The van der Waals surface area contributed by atoms with E-state index in [1.165, 1.54) is 23.8 Å². The van der Waals surface area contributed by atoms with E-state index < -0.39 is 0 Å². The number of benzene rings is 1. The molecule has 2 aromatic rings. The number of aromatic nitrogens is 1. The van der Waals surface area contributed by atoms with Crippen molar-refractivity contribution in [2.24, 2.45) is 5.92 Å². The Labute approximate surface area is 160 Å². The van der Waals surface area contributed by atoms with E-state index >= 15 is 0 Å². The van der Waals surface area contributed by atoms with Crippen LogP contribution >= 0.6 is 0 Å². The first-order valence-corrected chi connectivity index (χ1v) is 10.2. The van der Waals surface area contributed by atoms with Gasteiger partial charge in [0.1, 0.15) is 0 Å². The quantitative estimate of drug-likeness (QED) is 0.850. The summed E-state index contributed by atoms with van der Waals surface area (Å²) in [5.74, 6) is 0.761. The van der Waals surface area contributed by atoms with Crippen molar-refractivity contribution in [3.63, 3.8) is 0 Å². The van der Waals surface area contributed by atoms with E-state index in [2.05, 4.69) is 39.5 Å². The zero-order valence-electron chi connectivity index (χ0n) is 16.0. The van der Waals surface area contributed by atoms with E-state index in [-0.39, 0.29) is 6.03 Å². The third kappa shape index (κ3) is 4.82. The molecule has 0 spiro atoms. The van der Waals surface area contributed by atoms with Crippen molar-refractivity contribution in [2.45, 2.75) is 19.3 Å². The second kappa shape index (κ2) is 8.76. The molecular formula is C21H30N4O2. The van der Waals surface area contributed by atoms with Gasteiger partial charge in [0, 0.05) is 64.2 Å². The molecule has 0 unspecified atom stereocenters. The minimum absolute atomic E-state index is 0.0726. The molecule has 2 aliphatic rings. The van der Waals surface area contributed by atoms with Crippen LogP contribution in [0.2, 0.25) is 0 Å². The number of nitrogens with one attached hydrogen (secondary N) is 2. The number of amides is 2. The largest absolute Gasteiger partial charge is 0.381 e. The van der Waals surface area contributed by atoms with Crippen LogP contribution in [-0.2, 0) is 11.2 Å². The van der Waals surface area contributed by atoms with Gasteiger partial charge in [-0.05, 0) is 54.3 Å². The molecule has 0 bridgehead atoms. The standard InChI is InChI=1S/C21H30N4O2/c26-21(23-7-3-17-1-2-20-19(15-17)4-8-22-20)25-11-9-24(10-12-25)16-18-5-13-27-14-6-18/h1-2,4,8,15,18,22H,3,5-7,9-14,16H2,(H,23,26). The fraction of sp³-hybridized carbons (Fsp3) is 0.571. The predicted octanol–water partition coefficient (Wildman–Crippen LogP) is 2.46. The van der Waals surface area contributed by atoms with Crippen LogP contribution < -0.4 is 5.32 Å². The molecule has 2 saturated heterocycles. The predicted molar refractivity (Wildman–Crippen MR) is 107 cm³/mol. The summed E-state index contributed by atoms with van der Waals surface area (Å²) in [6, 6.07) is 8.57. The SMILES string of the molecule is O=C(NCCc1ccc2[nH]ccc2c1)N1CCN(CC2CCOCC2)CC1. The van der Waals surface area contributed by atoms with Gasteiger partial charge in [-0.2, -0.15) is 0 Å². The minimum Gasteiger partial charge on any atom is -0.381 e. The summed E-state index contributed by atoms with van der Waals surface area (Å²) < 4.78 is 5.44. The monoisotopic (exact) mass is 370 g/mol. The van der Waals surface area contributed by atoms with Crippen LogP contribution in [0.1, 0.15) is 18.4 Å². The topological polar surface area (TPSA) is 60.6 Å². The van der Waals surface area contributed by atoms with Crippen molar-refractivity contribution < 1.29 is 9.53 Å². The zero-order chi connectivity index (χ0) is 18.5. The van der Waals surface area contributed by atoms with Crippen LogP contribution in [0.5, 0.6) is 0 Å². The van der Waals surface area contributed by atoms with Crippen LogP contribution in [0.25, 0.3) is 10.9 Å². The summed E-state index contributed by atoms with van der Waals surface area (Å²) in [5.41, 5.74) is 2.41. The number of carbonyl (C=O) groups is 1. The van der Waals surface area contributed by atoms with Crippen molar-refractivity contribution in [1.82, 2.24) is 20.1 Å². The Kier molecular flexibility index (Phi) is 5.94. The number of nitrogens with zero attached hydrogens (tertiary/aromatic N) is 2. The Morgan fingerprint density at radius 3 is 2.78 bits per heavy atom. The van der Waals surface area contributed by atoms with Crippen LogP contribution in [0.3, 0.4) is 0 Å². The maximum Gasteiger partial charge on any atom is 0.317 e. The Morgan fingerprint density at radius 1 is 1.15 bits per heavy atom. The second-order valence-electron chi connectivity index (χ2n) is 7.72. The average molecular weight is 370 g/mol. The molecule has 0 radical (unpaired) electrons. The third-order valence-corrected chi connectivity index (χ3v) is 5.82. The van der Waals surface area contributed by atoms with E-state index in [4.69, 9.17) is 4.74 Å². The normalized spacial score (nSPS) is 19.5. The number of hydrogen-bond donors (Lipinski definition) is 2. The molecule has 146 valence electrons. The van der Waals surface area contributed by atoms with Crippen LogP contribution in [0.4, 0.5) is 4.79 Å². The van der Waals surface area contributed by atoms with Gasteiger partial charge in [0.05, 0.1) is 0 Å². The number of carbonyl (C=O) groups excluding carboxylic acids is 1. The number of ether oxygens (including phenoxy) is 1. The van der Waals surface area contributed by atoms with Crippen LogP contribution in [0, 0.1) is 5.92 Å². The number of urea groups is 1. The number of fused-ring (bicyclic) bond motifs is 1. The molecule has 1 aromatic carbocycles. The summed E-state index contributed by atoms with van der Waals surface area (Å²) in [4.78, 5) is 20.1. The summed E-state index contributed by atoms with van der Waals surface area (Å²) >= 11 is 0. The molecular weight excluding hydrogens is 340 g/mol. The first kappa shape index (κ1) is 18.3. The highest BCUT2D eigenvalue weighted by Gasteiger charge is 2.23. The average Bonchev–Trinajstić information content (AvgIpc) is 3.17. The maximum absolute atomic E-state index is 12.4. The Hall–Kier alpha value is -2.05. The summed E-state index contributed by atoms with van der Waals surface area (Å²) in [6.07, 6.45) is 5.17. The fourth-order valence-corrected chi connectivity index (χ4v) is 4.11. The molecule has 0 atom stereocenters. The molecule has 0 aliphatic carbocycles. The molecule has 0 saturated carbocycles. The lowest BCUT2D eigenvalue weighted by Gasteiger charge is -2.37. The zero-order valence-corrected chi connectivity index (χ0v) is 16.0. The highest BCUT2D eigenvalue weighted by Crippen LogP contribution is 2.17. The van der Waals surface area contributed by atoms with E-state index in [9.17, 15) is 4.79 Å². The summed E-state index contributed by atoms with van der Waals surface area (Å²) in [7, 11) is 0. The Morgan fingerprint density at radius 2 is 1.96 bits per heavy atom. The van der Waals surface area contributed by atoms with Crippen molar-refractivity contribution in [1.29, 1.82) is 0 Å². The molecule has 4 rings (SSSR count). The number of H-pyrrole nitrogens is 1. The molecule has 3 heterocycles. The summed E-state index contributed by atoms with van der Waals surface area (Å²) in [6.45, 7) is 7.25. The van der Waals surface area contributed by atoms with E-state index in [1.807, 2.05) is 11.1 Å². The van der Waals surface area contributed by atoms with E-state index in [0.29, 0.717) is 6.54 Å². The summed E-state index contributed by atoms with van der Waals surface area (Å²) in [5, 5.41) is 4.30. The third-order valence-electron chi connectivity index (χ3n) is 5.82. The Balaban J connectivity index is 1.17. The lowest BCUT2D eigenvalue weighted by molar-refractivity contribution is 0.0452. The van der Waals surface area contributed by atoms with E-state index in [0.717, 1.165) is 63.8 Å². The van der Waals surface area contributed by atoms with Gasteiger partial charge in [0.25, 0.3) is 0 Å². The number of aromatic amines is 1. The molecule has 1 aromatic heterocycles. The first-order valence-electron chi connectivity index (χ1n) is 10.2. The van der Waals surface area contributed by atoms with Gasteiger partial charge in [0.2, 0.25) is 0 Å². The smallest absolute Gasteiger partial charge is 0.317 e. The van der Waals surface area contributed by atoms with E-state index in [1.54, 1.807) is 0 Å². The Bertz CT molecular complexity index is 745. The lowest BCUT2D eigenvalue weighted by Crippen LogP contribution is -2.52. The van der Waals surface area contributed by atoms with Gasteiger partial charge < -0.3 is 19.9 Å².